The van der Waals surface area contributed by atoms with Gasteiger partial charge in [0.05, 0.1) is 17.3 Å². The van der Waals surface area contributed by atoms with Crippen molar-refractivity contribution in [1.29, 1.82) is 0 Å². The number of benzene rings is 1. The number of carbonyl (C=O) groups excluding carboxylic acids is 2. The Balaban J connectivity index is 1.91. The highest BCUT2D eigenvalue weighted by Gasteiger charge is 2.16. The molecular formula is C13H17ClN4O2. The Kier molecular flexibility index (Phi) is 4.81. The number of carbonyl (C=O) groups is 2. The molecule has 4 N–H and O–H groups in total. The third kappa shape index (κ3) is 4.11. The zero-order valence-corrected chi connectivity index (χ0v) is 11.7. The normalized spacial score (nSPS) is 16.4. The number of halogens is 1. The average Bonchev–Trinajstić information content (AvgIpc) is 2.59. The summed E-state index contributed by atoms with van der Waals surface area (Å²) >= 11 is 5.99. The molecule has 1 aromatic carbocycles. The molecule has 0 aromatic heterocycles. The Morgan fingerprint density at radius 1 is 1.45 bits per heavy atom. The molecule has 1 aliphatic rings. The molecule has 0 unspecified atom stereocenters. The van der Waals surface area contributed by atoms with Gasteiger partial charge in [0.15, 0.2) is 0 Å². The van der Waals surface area contributed by atoms with E-state index in [4.69, 9.17) is 17.3 Å². The molecule has 2 rings (SSSR count). The molecule has 2 amide bonds. The van der Waals surface area contributed by atoms with Crippen LogP contribution in [0.5, 0.6) is 0 Å². The molecule has 0 atom stereocenters. The predicted molar refractivity (Wildman–Crippen MR) is 78.6 cm³/mol. The minimum atomic E-state index is -0.174. The molecule has 0 aliphatic carbocycles. The van der Waals surface area contributed by atoms with Crippen molar-refractivity contribution in [2.75, 3.05) is 37.2 Å². The van der Waals surface area contributed by atoms with Crippen LogP contribution in [0.2, 0.25) is 5.02 Å². The molecule has 1 aromatic rings. The molecule has 6 nitrogen and oxygen atoms in total. The smallest absolute Gasteiger partial charge is 0.238 e. The van der Waals surface area contributed by atoms with Gasteiger partial charge >= 0.3 is 0 Å². The van der Waals surface area contributed by atoms with Crippen molar-refractivity contribution < 1.29 is 9.59 Å². The highest BCUT2D eigenvalue weighted by atomic mass is 35.5. The highest BCUT2D eigenvalue weighted by Crippen LogP contribution is 2.23. The summed E-state index contributed by atoms with van der Waals surface area (Å²) in [6.45, 7) is 2.01. The maximum atomic E-state index is 12.0. The van der Waals surface area contributed by atoms with Crippen LogP contribution in [0.1, 0.15) is 6.42 Å². The molecule has 1 saturated heterocycles. The second-order valence-corrected chi connectivity index (χ2v) is 5.07. The van der Waals surface area contributed by atoms with Crippen LogP contribution in [-0.4, -0.2) is 42.9 Å². The van der Waals surface area contributed by atoms with E-state index >= 15 is 0 Å². The van der Waals surface area contributed by atoms with Crippen LogP contribution in [0, 0.1) is 0 Å². The Bertz CT molecular complexity index is 521. The molecule has 0 radical (unpaired) electrons. The van der Waals surface area contributed by atoms with Crippen molar-refractivity contribution in [3.8, 4) is 0 Å². The monoisotopic (exact) mass is 296 g/mol. The first-order chi connectivity index (χ1) is 9.54. The average molecular weight is 297 g/mol. The van der Waals surface area contributed by atoms with Gasteiger partial charge in [0.1, 0.15) is 0 Å². The van der Waals surface area contributed by atoms with Crippen molar-refractivity contribution in [3.05, 3.63) is 23.2 Å². The Hall–Kier alpha value is -1.79. The predicted octanol–water partition coefficient (Wildman–Crippen LogP) is 0.683. The minimum absolute atomic E-state index is 0.0202. The summed E-state index contributed by atoms with van der Waals surface area (Å²) in [7, 11) is 0. The van der Waals surface area contributed by atoms with Crippen LogP contribution in [0.15, 0.2) is 18.2 Å². The van der Waals surface area contributed by atoms with Gasteiger partial charge in [0.2, 0.25) is 11.8 Å². The molecule has 0 saturated carbocycles. The Labute approximate surface area is 122 Å². The Morgan fingerprint density at radius 3 is 3.05 bits per heavy atom. The number of hydrogen-bond donors (Lipinski definition) is 3. The van der Waals surface area contributed by atoms with Gasteiger partial charge in [-0.15, -0.1) is 0 Å². The van der Waals surface area contributed by atoms with E-state index < -0.39 is 0 Å². The van der Waals surface area contributed by atoms with Crippen LogP contribution in [0.3, 0.4) is 0 Å². The molecule has 0 bridgehead atoms. The Morgan fingerprint density at radius 2 is 2.25 bits per heavy atom. The lowest BCUT2D eigenvalue weighted by atomic mass is 10.2. The lowest BCUT2D eigenvalue weighted by Gasteiger charge is -2.18. The van der Waals surface area contributed by atoms with E-state index in [9.17, 15) is 9.59 Å². The largest absolute Gasteiger partial charge is 0.399 e. The van der Waals surface area contributed by atoms with E-state index in [-0.39, 0.29) is 18.4 Å². The van der Waals surface area contributed by atoms with E-state index in [0.717, 1.165) is 0 Å². The van der Waals surface area contributed by atoms with Gasteiger partial charge in [-0.05, 0) is 18.2 Å². The number of nitrogens with two attached hydrogens (primary N) is 1. The number of amides is 2. The van der Waals surface area contributed by atoms with Crippen LogP contribution in [-0.2, 0) is 9.59 Å². The fourth-order valence-corrected chi connectivity index (χ4v) is 2.17. The van der Waals surface area contributed by atoms with Crippen molar-refractivity contribution in [3.63, 3.8) is 0 Å². The van der Waals surface area contributed by atoms with E-state index in [0.29, 0.717) is 42.5 Å². The number of nitrogens with one attached hydrogen (secondary N) is 2. The number of anilines is 2. The minimum Gasteiger partial charge on any atom is -0.399 e. The third-order valence-electron chi connectivity index (χ3n) is 3.04. The van der Waals surface area contributed by atoms with Gasteiger partial charge in [-0.25, -0.2) is 0 Å². The first-order valence-corrected chi connectivity index (χ1v) is 6.76. The van der Waals surface area contributed by atoms with Gasteiger partial charge in [-0.3, -0.25) is 14.5 Å². The van der Waals surface area contributed by atoms with E-state index in [1.807, 2.05) is 4.90 Å². The number of rotatable bonds is 3. The summed E-state index contributed by atoms with van der Waals surface area (Å²) in [6, 6.07) is 4.93. The maximum Gasteiger partial charge on any atom is 0.238 e. The second kappa shape index (κ2) is 6.58. The molecule has 1 fully saturated rings. The van der Waals surface area contributed by atoms with Crippen molar-refractivity contribution in [2.45, 2.75) is 6.42 Å². The van der Waals surface area contributed by atoms with E-state index in [1.165, 1.54) is 0 Å². The standard InChI is InChI=1S/C13H17ClN4O2/c14-10-2-1-9(15)7-11(10)17-13(20)8-18-5-3-12(19)16-4-6-18/h1-2,7H,3-6,8,15H2,(H,16,19)(H,17,20). The number of hydrogen-bond acceptors (Lipinski definition) is 4. The number of nitrogen functional groups attached to an aromatic ring is 1. The molecule has 7 heteroatoms. The van der Waals surface area contributed by atoms with Gasteiger partial charge in [-0.1, -0.05) is 11.6 Å². The molecule has 108 valence electrons. The third-order valence-corrected chi connectivity index (χ3v) is 3.37. The van der Waals surface area contributed by atoms with E-state index in [1.54, 1.807) is 18.2 Å². The number of nitrogens with zero attached hydrogens (tertiary/aromatic N) is 1. The second-order valence-electron chi connectivity index (χ2n) is 4.66. The van der Waals surface area contributed by atoms with E-state index in [2.05, 4.69) is 10.6 Å². The van der Waals surface area contributed by atoms with Crippen molar-refractivity contribution >= 4 is 34.8 Å². The molecular weight excluding hydrogens is 280 g/mol. The van der Waals surface area contributed by atoms with Crippen molar-refractivity contribution in [1.82, 2.24) is 10.2 Å². The quantitative estimate of drug-likeness (QED) is 0.716. The van der Waals surface area contributed by atoms with Gasteiger partial charge in [0.25, 0.3) is 0 Å². The molecule has 20 heavy (non-hydrogen) atoms. The first-order valence-electron chi connectivity index (χ1n) is 6.38. The van der Waals surface area contributed by atoms with Crippen molar-refractivity contribution in [2.24, 2.45) is 0 Å². The summed E-state index contributed by atoms with van der Waals surface area (Å²) in [5.41, 5.74) is 6.69. The summed E-state index contributed by atoms with van der Waals surface area (Å²) in [5, 5.41) is 5.94. The van der Waals surface area contributed by atoms with Gasteiger partial charge in [-0.2, -0.15) is 0 Å². The van der Waals surface area contributed by atoms with Crippen LogP contribution < -0.4 is 16.4 Å². The maximum absolute atomic E-state index is 12.0. The fourth-order valence-electron chi connectivity index (χ4n) is 2.00. The summed E-state index contributed by atoms with van der Waals surface area (Å²) in [6.07, 6.45) is 0.409. The summed E-state index contributed by atoms with van der Waals surface area (Å²) in [4.78, 5) is 25.1. The summed E-state index contributed by atoms with van der Waals surface area (Å²) in [5.74, 6) is -0.154. The molecule has 1 aliphatic heterocycles. The zero-order chi connectivity index (χ0) is 14.5. The molecule has 1 heterocycles. The van der Waals surface area contributed by atoms with Gasteiger partial charge < -0.3 is 16.4 Å². The highest BCUT2D eigenvalue weighted by molar-refractivity contribution is 6.33. The van der Waals surface area contributed by atoms with Crippen LogP contribution in [0.25, 0.3) is 0 Å². The topological polar surface area (TPSA) is 87.5 Å². The van der Waals surface area contributed by atoms with Crippen LogP contribution >= 0.6 is 11.6 Å². The summed E-state index contributed by atoms with van der Waals surface area (Å²) < 4.78 is 0. The SMILES string of the molecule is Nc1ccc(Cl)c(NC(=O)CN2CCNC(=O)CC2)c1. The molecule has 0 spiro atoms. The van der Waals surface area contributed by atoms with Crippen LogP contribution in [0.4, 0.5) is 11.4 Å². The zero-order valence-electron chi connectivity index (χ0n) is 11.0. The fraction of sp³-hybridized carbons (Fsp3) is 0.385. The lowest BCUT2D eigenvalue weighted by Crippen LogP contribution is -2.35. The van der Waals surface area contributed by atoms with Gasteiger partial charge in [0, 0.05) is 31.7 Å². The first kappa shape index (κ1) is 14.6. The lowest BCUT2D eigenvalue weighted by molar-refractivity contribution is -0.121.